The Kier molecular flexibility index (Phi) is 5.34. The molecule has 0 radical (unpaired) electrons. The molecule has 1 heterocycles. The summed E-state index contributed by atoms with van der Waals surface area (Å²) < 4.78 is 0. The molecule has 2 N–H and O–H groups in total. The molecule has 1 atom stereocenters. The first kappa shape index (κ1) is 13.4. The fraction of sp³-hybridized carbons (Fsp3) is 0.667. The molecule has 1 fully saturated rings. The number of nitrogens with zero attached hydrogens (tertiary/aromatic N) is 1. The molecule has 2 amide bonds. The van der Waals surface area contributed by atoms with Crippen molar-refractivity contribution in [1.29, 1.82) is 0 Å². The minimum absolute atomic E-state index is 0.324. The second-order valence-corrected chi connectivity index (χ2v) is 4.08. The highest BCUT2D eigenvalue weighted by Crippen LogP contribution is 2.17. The molecular weight excluding hydrogens is 220 g/mol. The van der Waals surface area contributed by atoms with E-state index < -0.39 is 12.0 Å². The first-order valence-corrected chi connectivity index (χ1v) is 5.87. The summed E-state index contributed by atoms with van der Waals surface area (Å²) in [5.41, 5.74) is 0. The van der Waals surface area contributed by atoms with Crippen LogP contribution in [0.2, 0.25) is 0 Å². The van der Waals surface area contributed by atoms with Crippen molar-refractivity contribution < 1.29 is 14.7 Å². The van der Waals surface area contributed by atoms with E-state index in [4.69, 9.17) is 11.5 Å². The average Bonchev–Trinajstić information content (AvgIpc) is 2.54. The van der Waals surface area contributed by atoms with E-state index in [1.54, 1.807) is 0 Å². The highest BCUT2D eigenvalue weighted by atomic mass is 16.4. The fourth-order valence-corrected chi connectivity index (χ4v) is 1.95. The Morgan fingerprint density at radius 1 is 1.41 bits per heavy atom. The molecule has 1 aliphatic heterocycles. The van der Waals surface area contributed by atoms with Crippen molar-refractivity contribution in [1.82, 2.24) is 10.2 Å². The predicted molar refractivity (Wildman–Crippen MR) is 63.4 cm³/mol. The third-order valence-electron chi connectivity index (χ3n) is 2.84. The zero-order valence-corrected chi connectivity index (χ0v) is 9.82. The fourth-order valence-electron chi connectivity index (χ4n) is 1.95. The van der Waals surface area contributed by atoms with Crippen LogP contribution < -0.4 is 5.32 Å². The Hall–Kier alpha value is -1.70. The molecule has 1 aliphatic rings. The van der Waals surface area contributed by atoms with Crippen LogP contribution in [0.1, 0.15) is 32.1 Å². The van der Waals surface area contributed by atoms with E-state index in [0.717, 1.165) is 19.3 Å². The Bertz CT molecular complexity index is 322. The molecule has 0 aromatic heterocycles. The summed E-state index contributed by atoms with van der Waals surface area (Å²) in [4.78, 5) is 24.3. The van der Waals surface area contributed by atoms with Gasteiger partial charge >= 0.3 is 12.0 Å². The molecule has 1 unspecified atom stereocenters. The summed E-state index contributed by atoms with van der Waals surface area (Å²) in [6.45, 7) is 0.886. The Balaban J connectivity index is 2.59. The van der Waals surface area contributed by atoms with Gasteiger partial charge in [-0.3, -0.25) is 0 Å². The molecule has 1 saturated heterocycles. The van der Waals surface area contributed by atoms with Crippen molar-refractivity contribution in [2.24, 2.45) is 0 Å². The Morgan fingerprint density at radius 2 is 2.18 bits per heavy atom. The SMILES string of the molecule is C#CCCNC(=O)N1CCCCCC1C(=O)O. The number of amides is 2. The summed E-state index contributed by atoms with van der Waals surface area (Å²) >= 11 is 0. The second-order valence-electron chi connectivity index (χ2n) is 4.08. The molecule has 5 heteroatoms. The minimum atomic E-state index is -0.931. The lowest BCUT2D eigenvalue weighted by Crippen LogP contribution is -2.49. The molecule has 0 saturated carbocycles. The van der Waals surface area contributed by atoms with E-state index in [2.05, 4.69) is 11.2 Å². The van der Waals surface area contributed by atoms with Crippen molar-refractivity contribution in [2.45, 2.75) is 38.1 Å². The molecule has 94 valence electrons. The van der Waals surface area contributed by atoms with Gasteiger partial charge in [-0.2, -0.15) is 0 Å². The van der Waals surface area contributed by atoms with Crippen molar-refractivity contribution in [3.8, 4) is 12.3 Å². The summed E-state index contributed by atoms with van der Waals surface area (Å²) in [7, 11) is 0. The summed E-state index contributed by atoms with van der Waals surface area (Å²) in [5, 5.41) is 11.7. The van der Waals surface area contributed by atoms with Gasteiger partial charge < -0.3 is 15.3 Å². The molecule has 0 aliphatic carbocycles. The largest absolute Gasteiger partial charge is 0.480 e. The second kappa shape index (κ2) is 6.79. The van der Waals surface area contributed by atoms with Crippen LogP contribution >= 0.6 is 0 Å². The minimum Gasteiger partial charge on any atom is -0.480 e. The van der Waals surface area contributed by atoms with Crippen molar-refractivity contribution in [3.63, 3.8) is 0 Å². The van der Waals surface area contributed by atoms with E-state index >= 15 is 0 Å². The highest BCUT2D eigenvalue weighted by molar-refractivity contribution is 5.82. The number of carboxylic acids is 1. The van der Waals surface area contributed by atoms with Crippen LogP contribution in [0.5, 0.6) is 0 Å². The number of aliphatic carboxylic acids is 1. The molecular formula is C12H18N2O3. The number of hydrogen-bond donors (Lipinski definition) is 2. The Labute approximate surface area is 101 Å². The zero-order chi connectivity index (χ0) is 12.7. The maximum Gasteiger partial charge on any atom is 0.326 e. The highest BCUT2D eigenvalue weighted by Gasteiger charge is 2.30. The molecule has 17 heavy (non-hydrogen) atoms. The summed E-state index contributed by atoms with van der Waals surface area (Å²) in [5.74, 6) is 1.49. The lowest BCUT2D eigenvalue weighted by molar-refractivity contribution is -0.142. The first-order chi connectivity index (χ1) is 8.16. The third kappa shape index (κ3) is 3.99. The van der Waals surface area contributed by atoms with Gasteiger partial charge in [0.05, 0.1) is 0 Å². The lowest BCUT2D eigenvalue weighted by Gasteiger charge is -2.26. The molecule has 0 aromatic carbocycles. The van der Waals surface area contributed by atoms with E-state index in [0.29, 0.717) is 25.9 Å². The number of carboxylic acid groups (broad SMARTS) is 1. The van der Waals surface area contributed by atoms with Gasteiger partial charge in [0.25, 0.3) is 0 Å². The monoisotopic (exact) mass is 238 g/mol. The number of urea groups is 1. The topological polar surface area (TPSA) is 69.6 Å². The average molecular weight is 238 g/mol. The van der Waals surface area contributed by atoms with E-state index in [1.807, 2.05) is 0 Å². The van der Waals surface area contributed by atoms with Crippen molar-refractivity contribution in [3.05, 3.63) is 0 Å². The lowest BCUT2D eigenvalue weighted by atomic mass is 10.1. The van der Waals surface area contributed by atoms with Crippen LogP contribution in [-0.2, 0) is 4.79 Å². The van der Waals surface area contributed by atoms with Crippen LogP contribution in [0.25, 0.3) is 0 Å². The third-order valence-corrected chi connectivity index (χ3v) is 2.84. The smallest absolute Gasteiger partial charge is 0.326 e. The number of terminal acetylenes is 1. The Morgan fingerprint density at radius 3 is 2.82 bits per heavy atom. The number of carbonyl (C=O) groups is 2. The predicted octanol–water partition coefficient (Wildman–Crippen LogP) is 1.05. The van der Waals surface area contributed by atoms with Crippen molar-refractivity contribution >= 4 is 12.0 Å². The van der Waals surface area contributed by atoms with E-state index in [-0.39, 0.29) is 6.03 Å². The van der Waals surface area contributed by atoms with Crippen molar-refractivity contribution in [2.75, 3.05) is 13.1 Å². The maximum atomic E-state index is 11.8. The van der Waals surface area contributed by atoms with Gasteiger partial charge in [0.2, 0.25) is 0 Å². The summed E-state index contributed by atoms with van der Waals surface area (Å²) in [6, 6.07) is -1.03. The molecule has 0 bridgehead atoms. The standard InChI is InChI=1S/C12H18N2O3/c1-2-3-8-13-12(17)14-9-6-4-5-7-10(14)11(15)16/h1,10H,3-9H2,(H,13,17)(H,15,16). The number of likely N-dealkylation sites (tertiary alicyclic amines) is 1. The molecule has 5 nitrogen and oxygen atoms in total. The van der Waals surface area contributed by atoms with Crippen LogP contribution in [0.15, 0.2) is 0 Å². The van der Waals surface area contributed by atoms with Gasteiger partial charge in [-0.25, -0.2) is 9.59 Å². The number of carbonyl (C=O) groups excluding carboxylic acids is 1. The van der Waals surface area contributed by atoms with Gasteiger partial charge in [0, 0.05) is 19.5 Å². The summed E-state index contributed by atoms with van der Waals surface area (Å²) in [6.07, 6.45) is 8.74. The normalized spacial score (nSPS) is 20.2. The quantitative estimate of drug-likeness (QED) is 0.570. The van der Waals surface area contributed by atoms with E-state index in [9.17, 15) is 9.59 Å². The van der Waals surface area contributed by atoms with Gasteiger partial charge in [0.1, 0.15) is 6.04 Å². The molecule has 0 spiro atoms. The van der Waals surface area contributed by atoms with Gasteiger partial charge in [-0.05, 0) is 12.8 Å². The molecule has 0 aromatic rings. The number of nitrogens with one attached hydrogen (secondary N) is 1. The van der Waals surface area contributed by atoms with Gasteiger partial charge in [-0.1, -0.05) is 12.8 Å². The van der Waals surface area contributed by atoms with Crippen LogP contribution in [0.3, 0.4) is 0 Å². The maximum absolute atomic E-state index is 11.8. The van der Waals surface area contributed by atoms with Gasteiger partial charge in [-0.15, -0.1) is 12.3 Å². The van der Waals surface area contributed by atoms with Crippen LogP contribution in [-0.4, -0.2) is 41.1 Å². The molecule has 1 rings (SSSR count). The first-order valence-electron chi connectivity index (χ1n) is 5.87. The van der Waals surface area contributed by atoms with Gasteiger partial charge in [0.15, 0.2) is 0 Å². The number of rotatable bonds is 3. The number of hydrogen-bond acceptors (Lipinski definition) is 2. The van der Waals surface area contributed by atoms with Crippen LogP contribution in [0, 0.1) is 12.3 Å². The zero-order valence-electron chi connectivity index (χ0n) is 9.82. The van der Waals surface area contributed by atoms with Crippen LogP contribution in [0.4, 0.5) is 4.79 Å². The van der Waals surface area contributed by atoms with E-state index in [1.165, 1.54) is 4.90 Å².